The molecule has 1 saturated carbocycles. The summed E-state index contributed by atoms with van der Waals surface area (Å²) < 4.78 is 47.0. The molecule has 1 aromatic carbocycles. The third-order valence-electron chi connectivity index (χ3n) is 10.1. The molecule has 3 aliphatic rings. The number of anilines is 2. The van der Waals surface area contributed by atoms with Crippen molar-refractivity contribution in [3.63, 3.8) is 0 Å². The molecule has 1 saturated heterocycles. The number of amides is 1. The second-order valence-corrected chi connectivity index (χ2v) is 13.2. The highest BCUT2D eigenvalue weighted by Crippen LogP contribution is 2.45. The number of hydrogen-bond acceptors (Lipinski definition) is 8. The third-order valence-corrected chi connectivity index (χ3v) is 10.1. The van der Waals surface area contributed by atoms with Gasteiger partial charge in [0.25, 0.3) is 5.91 Å². The van der Waals surface area contributed by atoms with E-state index in [1.54, 1.807) is 0 Å². The van der Waals surface area contributed by atoms with Gasteiger partial charge in [-0.3, -0.25) is 9.78 Å². The van der Waals surface area contributed by atoms with E-state index in [1.165, 1.54) is 4.90 Å². The Balaban J connectivity index is 1.27. The second kappa shape index (κ2) is 13.6. The average Bonchev–Trinajstić information content (AvgIpc) is 3.05. The van der Waals surface area contributed by atoms with Crippen LogP contribution in [0.25, 0.3) is 15.6 Å². The van der Waals surface area contributed by atoms with Gasteiger partial charge in [-0.15, -0.1) is 0 Å². The zero-order valence-electron chi connectivity index (χ0n) is 27.6. The first kappa shape index (κ1) is 33.5. The Morgan fingerprint density at radius 2 is 2.00 bits per heavy atom. The molecule has 48 heavy (non-hydrogen) atoms. The van der Waals surface area contributed by atoms with Crippen molar-refractivity contribution in [2.45, 2.75) is 57.7 Å². The summed E-state index contributed by atoms with van der Waals surface area (Å²) in [6.07, 6.45) is 4.22. The number of rotatable bonds is 10. The number of fused-ring (bicyclic) bond motifs is 2. The van der Waals surface area contributed by atoms with Gasteiger partial charge in [-0.2, -0.15) is 9.97 Å². The van der Waals surface area contributed by atoms with Crippen LogP contribution in [0, 0.1) is 19.4 Å². The number of pyridine rings is 1. The first-order valence-electron chi connectivity index (χ1n) is 16.4. The molecule has 0 radical (unpaired) electrons. The topological polar surface area (TPSA) is 82.3 Å². The SMILES string of the molecule is [C-]#[N+]C[C@H]1CN(c2nc(OCCN(C)[C@@H](C)C3CC(F)(F)C3)nc3c2CCN(c2cncc4cccc(C)c24)C3)CCN1C(=O)C(=C)F. The summed E-state index contributed by atoms with van der Waals surface area (Å²) in [4.78, 5) is 38.0. The maximum atomic E-state index is 13.9. The Morgan fingerprint density at radius 1 is 1.21 bits per heavy atom. The van der Waals surface area contributed by atoms with Gasteiger partial charge in [0.2, 0.25) is 12.5 Å². The lowest BCUT2D eigenvalue weighted by Crippen LogP contribution is -2.57. The number of carbonyl (C=O) groups is 1. The molecule has 2 aliphatic heterocycles. The van der Waals surface area contributed by atoms with Gasteiger partial charge in [0.1, 0.15) is 18.5 Å². The largest absolute Gasteiger partial charge is 0.462 e. The van der Waals surface area contributed by atoms with Gasteiger partial charge in [0.15, 0.2) is 5.83 Å². The van der Waals surface area contributed by atoms with Gasteiger partial charge < -0.3 is 29.2 Å². The molecule has 0 spiro atoms. The number of nitrogens with zero attached hydrogens (tertiary/aromatic N) is 8. The molecule has 0 N–H and O–H groups in total. The molecule has 10 nitrogen and oxygen atoms in total. The molecule has 6 rings (SSSR count). The molecule has 2 atom stereocenters. The molecule has 1 amide bonds. The van der Waals surface area contributed by atoms with E-state index in [-0.39, 0.29) is 50.5 Å². The van der Waals surface area contributed by atoms with Crippen LogP contribution in [0.5, 0.6) is 6.01 Å². The number of hydrogen-bond donors (Lipinski definition) is 0. The summed E-state index contributed by atoms with van der Waals surface area (Å²) in [5, 5.41) is 2.20. The van der Waals surface area contributed by atoms with Gasteiger partial charge in [-0.25, -0.2) is 19.7 Å². The van der Waals surface area contributed by atoms with Gasteiger partial charge in [0, 0.05) is 74.1 Å². The maximum Gasteiger partial charge on any atom is 0.318 e. The van der Waals surface area contributed by atoms with Crippen molar-refractivity contribution >= 4 is 28.2 Å². The molecule has 0 bridgehead atoms. The molecule has 1 aliphatic carbocycles. The minimum absolute atomic E-state index is 0.0154. The predicted octanol–water partition coefficient (Wildman–Crippen LogP) is 5.06. The van der Waals surface area contributed by atoms with Crippen LogP contribution in [0.3, 0.4) is 0 Å². The van der Waals surface area contributed by atoms with Crippen LogP contribution < -0.4 is 14.5 Å². The first-order chi connectivity index (χ1) is 23.0. The normalized spacial score (nSPS) is 19.9. The number of aryl methyl sites for hydroxylation is 1. The maximum absolute atomic E-state index is 13.9. The van der Waals surface area contributed by atoms with E-state index >= 15 is 0 Å². The predicted molar refractivity (Wildman–Crippen MR) is 178 cm³/mol. The highest BCUT2D eigenvalue weighted by Gasteiger charge is 2.48. The molecule has 0 unspecified atom stereocenters. The fourth-order valence-corrected chi connectivity index (χ4v) is 7.19. The minimum Gasteiger partial charge on any atom is -0.462 e. The van der Waals surface area contributed by atoms with Crippen molar-refractivity contribution in [2.75, 3.05) is 62.7 Å². The summed E-state index contributed by atoms with van der Waals surface area (Å²) in [6, 6.07) is 5.82. The Hall–Kier alpha value is -4.44. The Morgan fingerprint density at radius 3 is 2.73 bits per heavy atom. The lowest BCUT2D eigenvalue weighted by atomic mass is 9.76. The number of benzene rings is 1. The molecule has 2 aromatic heterocycles. The summed E-state index contributed by atoms with van der Waals surface area (Å²) >= 11 is 0. The van der Waals surface area contributed by atoms with Crippen LogP contribution in [0.4, 0.5) is 24.7 Å². The van der Waals surface area contributed by atoms with Gasteiger partial charge in [0.05, 0.1) is 24.1 Å². The number of likely N-dealkylation sites (N-methyl/N-ethyl adjacent to an activating group) is 1. The standard InChI is InChI=1S/C35H41F3N8O2/c1-22-7-6-8-25-17-40-19-30(31(22)25)44-10-9-28-29(21-44)41-34(48-14-13-43(5)24(3)26-15-35(37,38)16-26)42-32(28)45-11-12-46(33(47)23(2)36)27(20-45)18-39-4/h6-8,17,19,24,26-27H,2,9-16,18,20-21H2,1,3,5H3/t24-,27-/m0/s1. The van der Waals surface area contributed by atoms with E-state index in [4.69, 9.17) is 21.3 Å². The first-order valence-corrected chi connectivity index (χ1v) is 16.4. The number of aromatic nitrogens is 3. The number of halogens is 3. The zero-order valence-corrected chi connectivity index (χ0v) is 27.6. The highest BCUT2D eigenvalue weighted by atomic mass is 19.3. The number of alkyl halides is 2. The summed E-state index contributed by atoms with van der Waals surface area (Å²) in [6.45, 7) is 17.6. The number of carbonyl (C=O) groups excluding carboxylic acids is 1. The Bertz CT molecular complexity index is 1730. The van der Waals surface area contributed by atoms with E-state index < -0.39 is 23.7 Å². The average molecular weight is 663 g/mol. The van der Waals surface area contributed by atoms with E-state index in [0.29, 0.717) is 45.0 Å². The summed E-state index contributed by atoms with van der Waals surface area (Å²) in [5.41, 5.74) is 3.95. The van der Waals surface area contributed by atoms with Crippen molar-refractivity contribution in [1.82, 2.24) is 24.8 Å². The molecule has 13 heteroatoms. The minimum atomic E-state index is -2.56. The van der Waals surface area contributed by atoms with Crippen molar-refractivity contribution in [1.29, 1.82) is 0 Å². The highest BCUT2D eigenvalue weighted by molar-refractivity contribution is 5.96. The lowest BCUT2D eigenvalue weighted by molar-refractivity contribution is -0.131. The number of piperazine rings is 1. The fourth-order valence-electron chi connectivity index (χ4n) is 7.19. The molecule has 2 fully saturated rings. The van der Waals surface area contributed by atoms with Crippen molar-refractivity contribution in [3.05, 3.63) is 71.2 Å². The molecule has 4 heterocycles. The van der Waals surface area contributed by atoms with Crippen LogP contribution in [0.2, 0.25) is 0 Å². The fraction of sp³-hybridized carbons (Fsp3) is 0.514. The van der Waals surface area contributed by atoms with E-state index in [0.717, 1.165) is 33.3 Å². The van der Waals surface area contributed by atoms with Gasteiger partial charge in [-0.05, 0) is 38.8 Å². The second-order valence-electron chi connectivity index (χ2n) is 13.2. The monoisotopic (exact) mass is 662 g/mol. The van der Waals surface area contributed by atoms with Crippen LogP contribution in [0.15, 0.2) is 43.0 Å². The van der Waals surface area contributed by atoms with E-state index in [2.05, 4.69) is 40.4 Å². The van der Waals surface area contributed by atoms with E-state index in [1.807, 2.05) is 42.2 Å². The molecule has 254 valence electrons. The van der Waals surface area contributed by atoms with Crippen LogP contribution in [-0.2, 0) is 17.8 Å². The van der Waals surface area contributed by atoms with Crippen molar-refractivity contribution in [2.24, 2.45) is 5.92 Å². The van der Waals surface area contributed by atoms with Crippen LogP contribution in [0.1, 0.15) is 36.6 Å². The van der Waals surface area contributed by atoms with Crippen LogP contribution in [-0.4, -0.2) is 102 Å². The third kappa shape index (κ3) is 6.76. The molecule has 3 aromatic rings. The van der Waals surface area contributed by atoms with E-state index in [9.17, 15) is 18.0 Å². The van der Waals surface area contributed by atoms with Crippen molar-refractivity contribution < 1.29 is 22.7 Å². The zero-order chi connectivity index (χ0) is 34.2. The quantitative estimate of drug-likeness (QED) is 0.220. The smallest absolute Gasteiger partial charge is 0.318 e. The molecular formula is C35H41F3N8O2. The Kier molecular flexibility index (Phi) is 9.47. The lowest BCUT2D eigenvalue weighted by Gasteiger charge is -2.42. The summed E-state index contributed by atoms with van der Waals surface area (Å²) in [7, 11) is 1.91. The number of ether oxygens (including phenoxy) is 1. The van der Waals surface area contributed by atoms with Crippen molar-refractivity contribution in [3.8, 4) is 6.01 Å². The van der Waals surface area contributed by atoms with Gasteiger partial charge in [-0.1, -0.05) is 24.8 Å². The van der Waals surface area contributed by atoms with Gasteiger partial charge >= 0.3 is 6.01 Å². The van der Waals surface area contributed by atoms with Crippen LogP contribution >= 0.6 is 0 Å². The molecular weight excluding hydrogens is 621 g/mol. The Labute approximate surface area is 279 Å². The summed E-state index contributed by atoms with van der Waals surface area (Å²) in [5.74, 6) is -3.78.